The Morgan fingerprint density at radius 1 is 0.475 bits per heavy atom. The van der Waals surface area contributed by atoms with Gasteiger partial charge in [-0.3, -0.25) is 0 Å². The molecule has 0 aliphatic heterocycles. The lowest BCUT2D eigenvalue weighted by molar-refractivity contribution is -0.173. The van der Waals surface area contributed by atoms with Crippen LogP contribution in [0.25, 0.3) is 0 Å². The fourth-order valence-corrected chi connectivity index (χ4v) is 5.95. The van der Waals surface area contributed by atoms with Crippen molar-refractivity contribution in [2.75, 3.05) is 0 Å². The lowest BCUT2D eigenvalue weighted by Gasteiger charge is -2.29. The third-order valence-corrected chi connectivity index (χ3v) is 8.91. The van der Waals surface area contributed by atoms with E-state index in [9.17, 15) is 20.1 Å². The van der Waals surface area contributed by atoms with Crippen molar-refractivity contribution in [2.24, 2.45) is 0 Å². The van der Waals surface area contributed by atoms with Gasteiger partial charge in [0.15, 0.2) is 5.60 Å². The highest BCUT2D eigenvalue weighted by Gasteiger charge is 2.42. The third kappa shape index (κ3) is 24.0. The van der Waals surface area contributed by atoms with E-state index in [2.05, 4.69) is 13.8 Å². The van der Waals surface area contributed by atoms with Gasteiger partial charge in [-0.1, -0.05) is 194 Å². The SMILES string of the molecule is CCCCCCCCCCCCCCCCCC(O)C(O)(CCCCCCCCCCCCCCCC)C(=O)O. The van der Waals surface area contributed by atoms with Crippen molar-refractivity contribution in [1.82, 2.24) is 0 Å². The summed E-state index contributed by atoms with van der Waals surface area (Å²) in [5.41, 5.74) is -1.99. The fraction of sp³-hybridized carbons (Fsp3) is 0.972. The summed E-state index contributed by atoms with van der Waals surface area (Å²) in [6, 6.07) is 0. The second-order valence-corrected chi connectivity index (χ2v) is 12.8. The summed E-state index contributed by atoms with van der Waals surface area (Å²) in [4.78, 5) is 11.8. The molecular formula is C36H72O4. The van der Waals surface area contributed by atoms with Crippen LogP contribution in [0.5, 0.6) is 0 Å². The minimum atomic E-state index is -1.99. The first kappa shape index (κ1) is 39.4. The number of carbonyl (C=O) groups is 1. The van der Waals surface area contributed by atoms with Gasteiger partial charge < -0.3 is 15.3 Å². The van der Waals surface area contributed by atoms with E-state index < -0.39 is 17.7 Å². The monoisotopic (exact) mass is 569 g/mol. The third-order valence-electron chi connectivity index (χ3n) is 8.91. The molecule has 2 atom stereocenters. The van der Waals surface area contributed by atoms with E-state index in [1.807, 2.05) is 0 Å². The molecule has 0 saturated carbocycles. The Hall–Kier alpha value is -0.610. The summed E-state index contributed by atoms with van der Waals surface area (Å²) in [6.45, 7) is 4.53. The first-order chi connectivity index (χ1) is 19.5. The molecule has 240 valence electrons. The Balaban J connectivity index is 3.67. The molecule has 0 aromatic rings. The summed E-state index contributed by atoms with van der Waals surface area (Å²) < 4.78 is 0. The Kier molecular flexibility index (Phi) is 29.4. The molecule has 0 fully saturated rings. The maximum Gasteiger partial charge on any atom is 0.338 e. The van der Waals surface area contributed by atoms with Crippen molar-refractivity contribution in [3.8, 4) is 0 Å². The first-order valence-corrected chi connectivity index (χ1v) is 18.1. The standard InChI is InChI=1S/C36H72O4/c1-3-5-7-9-11-13-15-17-19-20-22-24-26-28-30-32-34(37)36(40,35(38)39)33-31-29-27-25-23-21-18-16-14-12-10-8-6-4-2/h34,37,40H,3-33H2,1-2H3,(H,38,39). The molecule has 2 unspecified atom stereocenters. The van der Waals surface area contributed by atoms with Crippen molar-refractivity contribution in [3.05, 3.63) is 0 Å². The zero-order valence-corrected chi connectivity index (χ0v) is 27.2. The highest BCUT2D eigenvalue weighted by atomic mass is 16.4. The highest BCUT2D eigenvalue weighted by Crippen LogP contribution is 2.25. The Morgan fingerprint density at radius 2 is 0.725 bits per heavy atom. The zero-order valence-electron chi connectivity index (χ0n) is 27.2. The van der Waals surface area contributed by atoms with E-state index in [1.165, 1.54) is 148 Å². The van der Waals surface area contributed by atoms with Gasteiger partial charge in [-0.2, -0.15) is 0 Å². The Labute approximate surface area is 250 Å². The molecule has 3 N–H and O–H groups in total. The largest absolute Gasteiger partial charge is 0.479 e. The number of carboxylic acids is 1. The summed E-state index contributed by atoms with van der Waals surface area (Å²) in [5.74, 6) is -1.27. The quantitative estimate of drug-likeness (QED) is 0.0688. The van der Waals surface area contributed by atoms with Crippen LogP contribution in [-0.4, -0.2) is 33.0 Å². The summed E-state index contributed by atoms with van der Waals surface area (Å²) in [6.07, 6.45) is 35.9. The number of aliphatic hydroxyl groups excluding tert-OH is 1. The van der Waals surface area contributed by atoms with Gasteiger partial charge in [0.25, 0.3) is 0 Å². The van der Waals surface area contributed by atoms with Gasteiger partial charge in [0.05, 0.1) is 6.10 Å². The zero-order chi connectivity index (χ0) is 29.6. The molecule has 0 aliphatic rings. The number of hydrogen-bond acceptors (Lipinski definition) is 3. The molecule has 0 aromatic carbocycles. The number of unbranched alkanes of at least 4 members (excludes halogenated alkanes) is 27. The number of aliphatic hydroxyl groups is 2. The lowest BCUT2D eigenvalue weighted by Crippen LogP contribution is -2.49. The van der Waals surface area contributed by atoms with Crippen molar-refractivity contribution in [2.45, 2.75) is 225 Å². The number of aliphatic carboxylic acids is 1. The van der Waals surface area contributed by atoms with Gasteiger partial charge in [-0.25, -0.2) is 4.79 Å². The molecule has 0 rings (SSSR count). The normalized spacial score (nSPS) is 13.9. The van der Waals surface area contributed by atoms with E-state index in [0.29, 0.717) is 12.8 Å². The topological polar surface area (TPSA) is 77.8 Å². The van der Waals surface area contributed by atoms with Crippen LogP contribution in [0.1, 0.15) is 213 Å². The molecule has 0 bridgehead atoms. The van der Waals surface area contributed by atoms with Gasteiger partial charge in [-0.15, -0.1) is 0 Å². The van der Waals surface area contributed by atoms with Gasteiger partial charge in [0.1, 0.15) is 0 Å². The van der Waals surface area contributed by atoms with Crippen LogP contribution < -0.4 is 0 Å². The van der Waals surface area contributed by atoms with Crippen LogP contribution in [0.2, 0.25) is 0 Å². The second kappa shape index (κ2) is 29.9. The molecule has 0 radical (unpaired) electrons. The van der Waals surface area contributed by atoms with E-state index in [0.717, 1.165) is 32.1 Å². The van der Waals surface area contributed by atoms with Crippen LogP contribution in [0, 0.1) is 0 Å². The number of rotatable bonds is 33. The van der Waals surface area contributed by atoms with Crippen LogP contribution in [-0.2, 0) is 4.79 Å². The van der Waals surface area contributed by atoms with Gasteiger partial charge in [0.2, 0.25) is 0 Å². The van der Waals surface area contributed by atoms with E-state index in [1.54, 1.807) is 0 Å². The smallest absolute Gasteiger partial charge is 0.338 e. The molecule has 0 aliphatic carbocycles. The van der Waals surface area contributed by atoms with Gasteiger partial charge >= 0.3 is 5.97 Å². The minimum absolute atomic E-state index is 0.153. The molecule has 0 heterocycles. The molecular weight excluding hydrogens is 496 g/mol. The van der Waals surface area contributed by atoms with Gasteiger partial charge in [-0.05, 0) is 19.3 Å². The maximum absolute atomic E-state index is 11.8. The van der Waals surface area contributed by atoms with Crippen LogP contribution >= 0.6 is 0 Å². The average Bonchev–Trinajstić information content (AvgIpc) is 2.94. The van der Waals surface area contributed by atoms with Crippen LogP contribution in [0.4, 0.5) is 0 Å². The van der Waals surface area contributed by atoms with Crippen molar-refractivity contribution >= 4 is 5.97 Å². The van der Waals surface area contributed by atoms with Crippen LogP contribution in [0.3, 0.4) is 0 Å². The lowest BCUT2D eigenvalue weighted by atomic mass is 9.87. The molecule has 4 heteroatoms. The summed E-state index contributed by atoms with van der Waals surface area (Å²) >= 11 is 0. The summed E-state index contributed by atoms with van der Waals surface area (Å²) in [7, 11) is 0. The highest BCUT2D eigenvalue weighted by molar-refractivity contribution is 5.77. The molecule has 0 amide bonds. The van der Waals surface area contributed by atoms with E-state index >= 15 is 0 Å². The summed E-state index contributed by atoms with van der Waals surface area (Å²) in [5, 5.41) is 30.9. The number of carboxylic acid groups (broad SMARTS) is 1. The van der Waals surface area contributed by atoms with E-state index in [-0.39, 0.29) is 6.42 Å². The molecule has 40 heavy (non-hydrogen) atoms. The average molecular weight is 569 g/mol. The molecule has 4 nitrogen and oxygen atoms in total. The second-order valence-electron chi connectivity index (χ2n) is 12.8. The van der Waals surface area contributed by atoms with Crippen molar-refractivity contribution in [1.29, 1.82) is 0 Å². The predicted octanol–water partition coefficient (Wildman–Crippen LogP) is 11.3. The van der Waals surface area contributed by atoms with E-state index in [4.69, 9.17) is 0 Å². The predicted molar refractivity (Wildman–Crippen MR) is 173 cm³/mol. The van der Waals surface area contributed by atoms with Crippen molar-refractivity contribution < 1.29 is 20.1 Å². The first-order valence-electron chi connectivity index (χ1n) is 18.1. The number of hydrogen-bond donors (Lipinski definition) is 3. The minimum Gasteiger partial charge on any atom is -0.479 e. The molecule has 0 saturated heterocycles. The Bertz CT molecular complexity index is 523. The fourth-order valence-electron chi connectivity index (χ4n) is 5.95. The Morgan fingerprint density at radius 3 is 1.00 bits per heavy atom. The van der Waals surface area contributed by atoms with Crippen LogP contribution in [0.15, 0.2) is 0 Å². The maximum atomic E-state index is 11.8. The molecule has 0 spiro atoms. The molecule has 0 aromatic heterocycles. The van der Waals surface area contributed by atoms with Crippen molar-refractivity contribution in [3.63, 3.8) is 0 Å². The van der Waals surface area contributed by atoms with Gasteiger partial charge in [0, 0.05) is 0 Å².